The van der Waals surface area contributed by atoms with E-state index in [4.69, 9.17) is 0 Å². The number of nitrogens with one attached hydrogen (secondary N) is 1. The molecule has 10 nitrogen and oxygen atoms in total. The molecule has 0 spiro atoms. The number of fused-ring (bicyclic) bond motifs is 7. The molecule has 8 aromatic rings. The topological polar surface area (TPSA) is 129 Å². The second-order valence-electron chi connectivity index (χ2n) is 12.8. The number of rotatable bonds is 3. The molecule has 0 unspecified atom stereocenters. The summed E-state index contributed by atoms with van der Waals surface area (Å²) in [5.41, 5.74) is 3.85. The van der Waals surface area contributed by atoms with Crippen molar-refractivity contribution in [1.82, 2.24) is 29.8 Å². The molecule has 0 bridgehead atoms. The van der Waals surface area contributed by atoms with Crippen molar-refractivity contribution in [3.63, 3.8) is 0 Å². The minimum Gasteiger partial charge on any atom is -1.00 e. The number of carboxylic acid groups (broad SMARTS) is 1. The van der Waals surface area contributed by atoms with Crippen molar-refractivity contribution in [2.75, 3.05) is 31.1 Å². The van der Waals surface area contributed by atoms with Gasteiger partial charge in [0.05, 0.1) is 44.8 Å². The molecule has 3 aromatic carbocycles. The summed E-state index contributed by atoms with van der Waals surface area (Å²) in [4.78, 5) is 42.9. The van der Waals surface area contributed by atoms with Gasteiger partial charge in [-0.15, -0.1) is 0 Å². The Kier molecular flexibility index (Phi) is 13.4. The number of hydrogen-bond donors (Lipinski definition) is 1. The Morgan fingerprint density at radius 3 is 1.55 bits per heavy atom. The molecule has 1 radical (unpaired) electrons. The van der Waals surface area contributed by atoms with E-state index in [1.54, 1.807) is 35.4 Å². The number of carbonyl (C=O) groups excluding carboxylic acids is 1. The summed E-state index contributed by atoms with van der Waals surface area (Å²) in [5, 5.41) is 19.1. The summed E-state index contributed by atoms with van der Waals surface area (Å²) in [6, 6.07) is 27.3. The fourth-order valence-corrected chi connectivity index (χ4v) is 6.67. The van der Waals surface area contributed by atoms with E-state index < -0.39 is 22.8 Å². The first-order valence-electron chi connectivity index (χ1n) is 17.2. The van der Waals surface area contributed by atoms with Crippen LogP contribution in [0, 0.1) is 5.82 Å². The number of aromatic nitrogens is 5. The number of hydrogen-bond acceptors (Lipinski definition) is 9. The number of pyridine rings is 5. The zero-order valence-corrected chi connectivity index (χ0v) is 32.4. The number of carboxylic acids is 1. The zero-order valence-electron chi connectivity index (χ0n) is 29.2. The third-order valence-corrected chi connectivity index (χ3v) is 9.41. The Morgan fingerprint density at radius 1 is 0.709 bits per heavy atom. The van der Waals surface area contributed by atoms with Crippen LogP contribution in [0.5, 0.6) is 0 Å². The van der Waals surface area contributed by atoms with Crippen LogP contribution in [0.2, 0.25) is 0 Å². The van der Waals surface area contributed by atoms with Crippen LogP contribution in [0.25, 0.3) is 54.5 Å². The van der Waals surface area contributed by atoms with Crippen LogP contribution in [0.15, 0.2) is 121 Å². The van der Waals surface area contributed by atoms with Crippen molar-refractivity contribution in [3.05, 3.63) is 138 Å². The summed E-state index contributed by atoms with van der Waals surface area (Å²) >= 11 is 0. The van der Waals surface area contributed by atoms with Gasteiger partial charge in [-0.3, -0.25) is 24.7 Å². The summed E-state index contributed by atoms with van der Waals surface area (Å²) in [6.45, 7) is 2.92. The summed E-state index contributed by atoms with van der Waals surface area (Å²) in [5.74, 6) is -2.03. The van der Waals surface area contributed by atoms with Crippen molar-refractivity contribution in [3.8, 4) is 0 Å². The van der Waals surface area contributed by atoms with Gasteiger partial charge in [0.25, 0.3) is 0 Å². The Hall–Kier alpha value is -5.13. The van der Waals surface area contributed by atoms with Gasteiger partial charge in [-0.2, -0.15) is 0 Å². The molecule has 2 fully saturated rings. The maximum atomic E-state index is 14.6. The molecular weight excluding hydrogens is 829 g/mol. The van der Waals surface area contributed by atoms with Gasteiger partial charge >= 0.3 is 19.5 Å². The summed E-state index contributed by atoms with van der Waals surface area (Å²) < 4.78 is 16.4. The van der Waals surface area contributed by atoms with Crippen molar-refractivity contribution >= 4 is 66.2 Å². The van der Waals surface area contributed by atoms with Crippen molar-refractivity contribution in [1.29, 1.82) is 0 Å². The van der Waals surface area contributed by atoms with Crippen LogP contribution in [0.4, 0.5) is 10.1 Å². The normalized spacial score (nSPS) is 13.4. The molecule has 1 aliphatic carbocycles. The first kappa shape index (κ1) is 41.0. The Labute approximate surface area is 340 Å². The van der Waals surface area contributed by atoms with Gasteiger partial charge in [-0.25, -0.2) is 4.39 Å². The molecule has 1 N–H and O–H groups in total. The minimum atomic E-state index is -1.53. The van der Waals surface area contributed by atoms with Crippen LogP contribution in [0.1, 0.15) is 29.2 Å². The quantitative estimate of drug-likeness (QED) is 0.190. The van der Waals surface area contributed by atoms with Crippen LogP contribution >= 0.6 is 0 Å². The van der Waals surface area contributed by atoms with E-state index in [1.807, 2.05) is 29.2 Å². The number of benzene rings is 3. The monoisotopic (exact) mass is 862 g/mol. The molecule has 1 saturated carbocycles. The second-order valence-corrected chi connectivity index (χ2v) is 12.8. The maximum Gasteiger partial charge on any atom is 3.00 e. The zero-order chi connectivity index (χ0) is 35.6. The second kappa shape index (κ2) is 18.0. The molecule has 14 heteroatoms. The van der Waals surface area contributed by atoms with Gasteiger partial charge in [0.15, 0.2) is 5.43 Å². The van der Waals surface area contributed by atoms with Gasteiger partial charge in [-0.05, 0) is 49.2 Å². The molecular formula is C41H33Cl2FN7O3Ru. The number of aromatic carboxylic acids is 1. The van der Waals surface area contributed by atoms with E-state index in [-0.39, 0.29) is 55.7 Å². The van der Waals surface area contributed by atoms with E-state index in [9.17, 15) is 19.1 Å². The smallest absolute Gasteiger partial charge is 1.00 e. The fraction of sp³-hybridized carbons (Fsp3) is 0.171. The average molecular weight is 863 g/mol. The number of carbonyl (C=O) groups is 1. The van der Waals surface area contributed by atoms with Crippen molar-refractivity contribution < 1.29 is 58.6 Å². The molecule has 55 heavy (non-hydrogen) atoms. The number of piperazine rings is 1. The predicted octanol–water partition coefficient (Wildman–Crippen LogP) is -0.180. The van der Waals surface area contributed by atoms with Crippen LogP contribution < -0.4 is 45.6 Å². The van der Waals surface area contributed by atoms with Crippen molar-refractivity contribution in [2.45, 2.75) is 18.9 Å². The van der Waals surface area contributed by atoms with E-state index >= 15 is 0 Å². The van der Waals surface area contributed by atoms with Gasteiger partial charge in [0.1, 0.15) is 5.82 Å². The Bertz CT molecular complexity index is 2470. The number of halogens is 3. The van der Waals surface area contributed by atoms with Gasteiger partial charge < -0.3 is 49.5 Å². The SMILES string of the molecule is O=C([O-])c1cn(C2CC2)c2cc(N3CCNCC3)c(F)cc2c1=O.[Cl-].[Cl-].[Ru+3].c1cnc2c(c1)ccc1cccnc12.c1cnc2c(c1)ccc1cccnc12. The van der Waals surface area contributed by atoms with E-state index in [1.165, 1.54) is 12.3 Å². The molecule has 5 aromatic heterocycles. The molecule has 2 aliphatic rings. The average Bonchev–Trinajstić information content (AvgIpc) is 4.04. The summed E-state index contributed by atoms with van der Waals surface area (Å²) in [6.07, 6.45) is 10.4. The molecule has 1 aliphatic heterocycles. The first-order chi connectivity index (χ1) is 25.5. The fourth-order valence-electron chi connectivity index (χ4n) is 6.67. The van der Waals surface area contributed by atoms with Crippen LogP contribution in [-0.4, -0.2) is 56.7 Å². The van der Waals surface area contributed by atoms with E-state index in [0.717, 1.165) is 69.5 Å². The first-order valence-corrected chi connectivity index (χ1v) is 17.2. The van der Waals surface area contributed by atoms with E-state index in [0.29, 0.717) is 24.3 Å². The van der Waals surface area contributed by atoms with Crippen LogP contribution in [-0.2, 0) is 19.5 Å². The standard InChI is InChI=1S/C17H18FN3O3.2C12H8N2.2ClH.Ru/c18-13-7-11-14(8-15(13)20-5-3-19-4-6-20)21(10-1-2-10)9-12(16(11)22)17(23)24;2*1-3-9-5-6-10-4-2-8-14-12(10)11(9)13-7-1;;;/h7-10,19H,1-6H2,(H,23,24);2*1-8H;2*1H;/q;;;;;+3/p-3. The molecule has 6 heterocycles. The number of anilines is 1. The summed E-state index contributed by atoms with van der Waals surface area (Å²) in [7, 11) is 0. The van der Waals surface area contributed by atoms with E-state index in [2.05, 4.69) is 73.8 Å². The maximum absolute atomic E-state index is 14.6. The van der Waals surface area contributed by atoms with Gasteiger partial charge in [0.2, 0.25) is 0 Å². The number of nitrogens with zero attached hydrogens (tertiary/aromatic N) is 6. The van der Waals surface area contributed by atoms with Crippen molar-refractivity contribution in [2.24, 2.45) is 0 Å². The molecule has 1 saturated heterocycles. The Morgan fingerprint density at radius 2 is 1.15 bits per heavy atom. The third-order valence-electron chi connectivity index (χ3n) is 9.41. The van der Waals surface area contributed by atoms with Gasteiger partial charge in [0, 0.05) is 90.1 Å². The predicted molar refractivity (Wildman–Crippen MR) is 200 cm³/mol. The molecule has 10 rings (SSSR count). The Balaban J connectivity index is 0.000000162. The molecule has 279 valence electrons. The van der Waals surface area contributed by atoms with Crippen LogP contribution in [0.3, 0.4) is 0 Å². The largest absolute Gasteiger partial charge is 3.00 e. The third kappa shape index (κ3) is 8.58. The van der Waals surface area contributed by atoms with Gasteiger partial charge in [-0.1, -0.05) is 48.5 Å². The molecule has 0 amide bonds. The minimum absolute atomic E-state index is 0. The molecule has 0 atom stereocenters.